The average molecular weight is 865 g/mol. The van der Waals surface area contributed by atoms with E-state index in [0.717, 1.165) is 99.9 Å². The number of aryl methyl sites for hydroxylation is 2. The summed E-state index contributed by atoms with van der Waals surface area (Å²) in [7, 11) is 0. The lowest BCUT2D eigenvalue weighted by molar-refractivity contribution is -0.0249. The van der Waals surface area contributed by atoms with E-state index < -0.39 is 0 Å². The standard InChI is InChI=1S/C60H52N2O4/c1-37-31-47(59(63)55(33-37)61-51-21-9-3-15-41(51)42-16-4-10-22-52(42)61)45-19-7-13-25-57(45)65-35-49-39-27-29-40(30-28-39)50(49)36-66-58-26-14-8-20-46(58)48-32-38(2)34-56(60(48)64)62-53-23-11-5-17-43(53)44-18-6-12-24-54(44)62/h3-26,31-34,39-40,49-50,63-64H,27-30,35-36H2,1-2H3. The van der Waals surface area contributed by atoms with Gasteiger partial charge in [0, 0.05) is 55.6 Å². The number of fused-ring (bicyclic) bond motifs is 9. The van der Waals surface area contributed by atoms with Gasteiger partial charge in [0.15, 0.2) is 0 Å². The zero-order valence-corrected chi connectivity index (χ0v) is 37.3. The smallest absolute Gasteiger partial charge is 0.147 e. The van der Waals surface area contributed by atoms with E-state index in [9.17, 15) is 10.2 Å². The van der Waals surface area contributed by atoms with Crippen molar-refractivity contribution in [3.8, 4) is 56.6 Å². The van der Waals surface area contributed by atoms with E-state index in [4.69, 9.17) is 9.47 Å². The molecule has 3 fully saturated rings. The fraction of sp³-hybridized carbons (Fsp3) is 0.200. The molecule has 6 heteroatoms. The molecule has 0 aliphatic heterocycles. The first-order chi connectivity index (χ1) is 32.4. The van der Waals surface area contributed by atoms with E-state index >= 15 is 0 Å². The van der Waals surface area contributed by atoms with Crippen LogP contribution >= 0.6 is 0 Å². The van der Waals surface area contributed by atoms with Gasteiger partial charge in [0.05, 0.1) is 46.7 Å². The Hall–Kier alpha value is -7.44. The van der Waals surface area contributed by atoms with Gasteiger partial charge >= 0.3 is 0 Å². The van der Waals surface area contributed by atoms with Crippen LogP contribution in [0.3, 0.4) is 0 Å². The number of ether oxygens (including phenoxy) is 2. The van der Waals surface area contributed by atoms with Gasteiger partial charge in [-0.15, -0.1) is 0 Å². The monoisotopic (exact) mass is 864 g/mol. The number of hydrogen-bond donors (Lipinski definition) is 2. The van der Waals surface area contributed by atoms with Crippen molar-refractivity contribution in [2.24, 2.45) is 23.7 Å². The van der Waals surface area contributed by atoms with E-state index in [2.05, 4.69) is 156 Å². The second kappa shape index (κ2) is 16.2. The molecule has 0 spiro atoms. The molecular weight excluding hydrogens is 813 g/mol. The Morgan fingerprint density at radius 3 is 1.09 bits per heavy atom. The number of aromatic hydroxyl groups is 2. The first-order valence-electron chi connectivity index (χ1n) is 23.5. The predicted octanol–water partition coefficient (Wildman–Crippen LogP) is 14.8. The van der Waals surface area contributed by atoms with Gasteiger partial charge in [-0.05, 0) is 123 Å². The molecule has 6 nitrogen and oxygen atoms in total. The Labute approximate surface area is 384 Å². The topological polar surface area (TPSA) is 68.8 Å². The van der Waals surface area contributed by atoms with Crippen LogP contribution in [0.4, 0.5) is 0 Å². The van der Waals surface area contributed by atoms with Gasteiger partial charge in [-0.2, -0.15) is 0 Å². The maximum absolute atomic E-state index is 12.3. The highest BCUT2D eigenvalue weighted by Gasteiger charge is 2.44. The molecule has 66 heavy (non-hydrogen) atoms. The van der Waals surface area contributed by atoms with E-state index in [1.54, 1.807) is 0 Å². The Morgan fingerprint density at radius 2 is 0.727 bits per heavy atom. The highest BCUT2D eigenvalue weighted by Crippen LogP contribution is 2.51. The number of phenols is 2. The summed E-state index contributed by atoms with van der Waals surface area (Å²) in [5.41, 5.74) is 11.1. The van der Waals surface area contributed by atoms with Crippen molar-refractivity contribution < 1.29 is 19.7 Å². The number of rotatable bonds is 10. The molecule has 326 valence electrons. The van der Waals surface area contributed by atoms with Gasteiger partial charge in [0.2, 0.25) is 0 Å². The van der Waals surface area contributed by atoms with Crippen LogP contribution < -0.4 is 9.47 Å². The van der Waals surface area contributed by atoms with Crippen LogP contribution in [0.25, 0.3) is 77.2 Å². The summed E-state index contributed by atoms with van der Waals surface area (Å²) in [5, 5.41) is 29.2. The van der Waals surface area contributed by atoms with Gasteiger partial charge < -0.3 is 28.8 Å². The summed E-state index contributed by atoms with van der Waals surface area (Å²) in [6.07, 6.45) is 4.82. The quantitative estimate of drug-likeness (QED) is 0.144. The van der Waals surface area contributed by atoms with Crippen LogP contribution in [0.2, 0.25) is 0 Å². The normalized spacial score (nSPS) is 18.2. The number of aromatic nitrogens is 2. The van der Waals surface area contributed by atoms with Crippen molar-refractivity contribution in [2.45, 2.75) is 39.5 Å². The van der Waals surface area contributed by atoms with E-state index in [0.29, 0.717) is 36.9 Å². The first kappa shape index (κ1) is 40.1. The molecule has 2 aromatic heterocycles. The van der Waals surface area contributed by atoms with Gasteiger partial charge in [0.25, 0.3) is 0 Å². The molecule has 8 aromatic carbocycles. The minimum atomic E-state index is 0.228. The lowest BCUT2D eigenvalue weighted by Crippen LogP contribution is -2.45. The summed E-state index contributed by atoms with van der Waals surface area (Å²) >= 11 is 0. The molecule has 0 amide bonds. The maximum Gasteiger partial charge on any atom is 0.147 e. The molecule has 2 unspecified atom stereocenters. The predicted molar refractivity (Wildman–Crippen MR) is 269 cm³/mol. The van der Waals surface area contributed by atoms with Crippen LogP contribution in [-0.2, 0) is 0 Å². The summed E-state index contributed by atoms with van der Waals surface area (Å²) in [4.78, 5) is 0. The van der Waals surface area contributed by atoms with Crippen molar-refractivity contribution in [2.75, 3.05) is 13.2 Å². The largest absolute Gasteiger partial charge is 0.505 e. The highest BCUT2D eigenvalue weighted by molar-refractivity contribution is 6.10. The summed E-state index contributed by atoms with van der Waals surface area (Å²) in [6.45, 7) is 5.33. The molecule has 2 heterocycles. The minimum absolute atomic E-state index is 0.228. The Kier molecular flexibility index (Phi) is 9.85. The van der Waals surface area contributed by atoms with Crippen LogP contribution in [0.1, 0.15) is 36.8 Å². The molecule has 13 rings (SSSR count). The molecule has 10 aromatic rings. The lowest BCUT2D eigenvalue weighted by atomic mass is 9.59. The summed E-state index contributed by atoms with van der Waals surface area (Å²) in [6, 6.07) is 58.3. The zero-order valence-electron chi connectivity index (χ0n) is 37.3. The zero-order chi connectivity index (χ0) is 44.5. The Morgan fingerprint density at radius 1 is 0.409 bits per heavy atom. The molecular formula is C60H52N2O4. The number of para-hydroxylation sites is 6. The van der Waals surface area contributed by atoms with Gasteiger partial charge in [-0.3, -0.25) is 0 Å². The molecule has 3 aliphatic carbocycles. The third-order valence-corrected chi connectivity index (χ3v) is 14.9. The van der Waals surface area contributed by atoms with Crippen LogP contribution in [0.15, 0.2) is 170 Å². The molecule has 0 radical (unpaired) electrons. The summed E-state index contributed by atoms with van der Waals surface area (Å²) in [5.74, 6) is 3.72. The molecule has 0 saturated heterocycles. The molecule has 2 bridgehead atoms. The number of phenolic OH excluding ortho intramolecular Hbond substituents is 2. The number of hydrogen-bond acceptors (Lipinski definition) is 4. The van der Waals surface area contributed by atoms with Crippen LogP contribution in [0, 0.1) is 37.5 Å². The van der Waals surface area contributed by atoms with E-state index in [1.165, 1.54) is 25.7 Å². The summed E-state index contributed by atoms with van der Waals surface area (Å²) < 4.78 is 18.3. The maximum atomic E-state index is 12.3. The molecule has 3 aliphatic rings. The second-order valence-electron chi connectivity index (χ2n) is 18.7. The van der Waals surface area contributed by atoms with Crippen molar-refractivity contribution >= 4 is 43.6 Å². The number of nitrogens with zero attached hydrogens (tertiary/aromatic N) is 2. The molecule has 2 atom stereocenters. The molecule has 3 saturated carbocycles. The van der Waals surface area contributed by atoms with Gasteiger partial charge in [-0.1, -0.05) is 109 Å². The third-order valence-electron chi connectivity index (χ3n) is 14.9. The number of benzene rings is 8. The third kappa shape index (κ3) is 6.61. The highest BCUT2D eigenvalue weighted by atomic mass is 16.5. The van der Waals surface area contributed by atoms with Crippen molar-refractivity contribution in [3.05, 3.63) is 181 Å². The fourth-order valence-electron chi connectivity index (χ4n) is 11.9. The SMILES string of the molecule is Cc1cc(-c2ccccc2OCC2C3CCC(CC3)C2COc2ccccc2-c2cc(C)cc(-n3c4ccccc4c4ccccc43)c2O)c(O)c(-n2c3ccccc3c3ccccc32)c1. The Bertz CT molecular complexity index is 3140. The van der Waals surface area contributed by atoms with Crippen LogP contribution in [-0.4, -0.2) is 32.6 Å². The van der Waals surface area contributed by atoms with E-state index in [-0.39, 0.29) is 11.5 Å². The van der Waals surface area contributed by atoms with Gasteiger partial charge in [0.1, 0.15) is 23.0 Å². The minimum Gasteiger partial charge on any atom is -0.505 e. The van der Waals surface area contributed by atoms with Crippen molar-refractivity contribution in [1.29, 1.82) is 0 Å². The average Bonchev–Trinajstić information content (AvgIpc) is 3.87. The fourth-order valence-corrected chi connectivity index (χ4v) is 11.9. The lowest BCUT2D eigenvalue weighted by Gasteiger charge is -2.48. The first-order valence-corrected chi connectivity index (χ1v) is 23.5. The second-order valence-corrected chi connectivity index (χ2v) is 18.7. The van der Waals surface area contributed by atoms with Crippen molar-refractivity contribution in [3.63, 3.8) is 0 Å². The van der Waals surface area contributed by atoms with E-state index in [1.807, 2.05) is 36.4 Å². The van der Waals surface area contributed by atoms with Crippen LogP contribution in [0.5, 0.6) is 23.0 Å². The van der Waals surface area contributed by atoms with Crippen molar-refractivity contribution in [1.82, 2.24) is 9.13 Å². The molecule has 2 N–H and O–H groups in total. The van der Waals surface area contributed by atoms with Gasteiger partial charge in [-0.25, -0.2) is 0 Å². The Balaban J connectivity index is 0.845.